The standard InChI is InChI=1S/C17H16F2N2O2S/c1-11-8-14(3-4-16(11)19)24(22,23)21-7-6-12-10-20-17-5-2-13(18)9-15(12)17/h2-5,8-10,20-21H,6-7H2,1H3. The predicted molar refractivity (Wildman–Crippen MR) is 88.3 cm³/mol. The van der Waals surface area contributed by atoms with Crippen LogP contribution < -0.4 is 4.72 Å². The van der Waals surface area contributed by atoms with E-state index in [9.17, 15) is 17.2 Å². The number of sulfonamides is 1. The Labute approximate surface area is 138 Å². The molecule has 0 atom stereocenters. The van der Waals surface area contributed by atoms with Crippen LogP contribution in [0.25, 0.3) is 10.9 Å². The first-order valence-corrected chi connectivity index (χ1v) is 8.86. The third kappa shape index (κ3) is 3.32. The second-order valence-electron chi connectivity index (χ2n) is 5.56. The van der Waals surface area contributed by atoms with Crippen LogP contribution in [0.4, 0.5) is 8.78 Å². The van der Waals surface area contributed by atoms with Crippen molar-refractivity contribution < 1.29 is 17.2 Å². The fourth-order valence-corrected chi connectivity index (χ4v) is 3.66. The minimum Gasteiger partial charge on any atom is -0.361 e. The highest BCUT2D eigenvalue weighted by molar-refractivity contribution is 7.89. The Bertz CT molecular complexity index is 997. The van der Waals surface area contributed by atoms with Crippen molar-refractivity contribution in [3.63, 3.8) is 0 Å². The van der Waals surface area contributed by atoms with E-state index in [1.165, 1.54) is 31.2 Å². The van der Waals surface area contributed by atoms with Crippen molar-refractivity contribution in [3.8, 4) is 0 Å². The van der Waals surface area contributed by atoms with Gasteiger partial charge < -0.3 is 4.98 Å². The highest BCUT2D eigenvalue weighted by Gasteiger charge is 2.15. The fourth-order valence-electron chi connectivity index (χ4n) is 2.55. The molecule has 1 heterocycles. The molecular weight excluding hydrogens is 334 g/mol. The topological polar surface area (TPSA) is 62.0 Å². The Kier molecular flexibility index (Phi) is 4.38. The van der Waals surface area contributed by atoms with Crippen molar-refractivity contribution in [2.45, 2.75) is 18.2 Å². The van der Waals surface area contributed by atoms with Crippen molar-refractivity contribution in [1.29, 1.82) is 0 Å². The molecular formula is C17H16F2N2O2S. The number of hydrogen-bond donors (Lipinski definition) is 2. The van der Waals surface area contributed by atoms with Crippen LogP contribution in [-0.4, -0.2) is 19.9 Å². The van der Waals surface area contributed by atoms with Crippen molar-refractivity contribution in [1.82, 2.24) is 9.71 Å². The summed E-state index contributed by atoms with van der Waals surface area (Å²) < 4.78 is 53.6. The highest BCUT2D eigenvalue weighted by Crippen LogP contribution is 2.20. The third-order valence-corrected chi connectivity index (χ3v) is 5.31. The molecule has 0 spiro atoms. The Morgan fingerprint density at radius 3 is 2.67 bits per heavy atom. The second-order valence-corrected chi connectivity index (χ2v) is 7.33. The molecule has 126 valence electrons. The summed E-state index contributed by atoms with van der Waals surface area (Å²) in [5.74, 6) is -0.791. The number of aromatic amines is 1. The lowest BCUT2D eigenvalue weighted by Crippen LogP contribution is -2.26. The van der Waals surface area contributed by atoms with E-state index in [1.807, 2.05) is 0 Å². The third-order valence-electron chi connectivity index (χ3n) is 3.86. The van der Waals surface area contributed by atoms with Crippen molar-refractivity contribution in [2.24, 2.45) is 0 Å². The Balaban J connectivity index is 1.72. The molecule has 0 saturated heterocycles. The molecule has 0 amide bonds. The number of rotatable bonds is 5. The van der Waals surface area contributed by atoms with Gasteiger partial charge in [-0.3, -0.25) is 0 Å². The maximum atomic E-state index is 13.3. The Morgan fingerprint density at radius 2 is 1.92 bits per heavy atom. The number of nitrogens with one attached hydrogen (secondary N) is 2. The summed E-state index contributed by atoms with van der Waals surface area (Å²) in [4.78, 5) is 3.04. The van der Waals surface area contributed by atoms with Gasteiger partial charge in [-0.15, -0.1) is 0 Å². The molecule has 0 saturated carbocycles. The molecule has 0 aliphatic heterocycles. The summed E-state index contributed by atoms with van der Waals surface area (Å²) in [6.07, 6.45) is 2.14. The van der Waals surface area contributed by atoms with Crippen molar-refractivity contribution >= 4 is 20.9 Å². The predicted octanol–water partition coefficient (Wildman–Crippen LogP) is 3.28. The fraction of sp³-hybridized carbons (Fsp3) is 0.176. The number of aryl methyl sites for hydroxylation is 1. The molecule has 0 aliphatic rings. The van der Waals surface area contributed by atoms with Crippen LogP contribution in [0.15, 0.2) is 47.5 Å². The van der Waals surface area contributed by atoms with E-state index < -0.39 is 15.8 Å². The molecule has 7 heteroatoms. The normalized spacial score (nSPS) is 12.0. The molecule has 2 aromatic carbocycles. The summed E-state index contributed by atoms with van der Waals surface area (Å²) in [6.45, 7) is 1.66. The van der Waals surface area contributed by atoms with Crippen LogP contribution in [0.3, 0.4) is 0 Å². The van der Waals surface area contributed by atoms with E-state index >= 15 is 0 Å². The molecule has 3 aromatic rings. The minimum atomic E-state index is -3.72. The number of aromatic nitrogens is 1. The summed E-state index contributed by atoms with van der Waals surface area (Å²) >= 11 is 0. The van der Waals surface area contributed by atoms with Gasteiger partial charge in [0.1, 0.15) is 11.6 Å². The van der Waals surface area contributed by atoms with Gasteiger partial charge in [0.15, 0.2) is 0 Å². The number of halogens is 2. The molecule has 4 nitrogen and oxygen atoms in total. The highest BCUT2D eigenvalue weighted by atomic mass is 32.2. The molecule has 0 aliphatic carbocycles. The zero-order valence-electron chi connectivity index (χ0n) is 12.9. The lowest BCUT2D eigenvalue weighted by molar-refractivity contribution is 0.580. The maximum Gasteiger partial charge on any atom is 0.240 e. The first-order valence-electron chi connectivity index (χ1n) is 7.38. The van der Waals surface area contributed by atoms with Crippen molar-refractivity contribution in [3.05, 3.63) is 65.4 Å². The van der Waals surface area contributed by atoms with Crippen molar-refractivity contribution in [2.75, 3.05) is 6.54 Å². The van der Waals surface area contributed by atoms with Gasteiger partial charge in [-0.05, 0) is 60.9 Å². The van der Waals surface area contributed by atoms with Gasteiger partial charge in [-0.25, -0.2) is 21.9 Å². The molecule has 0 fully saturated rings. The zero-order chi connectivity index (χ0) is 17.3. The number of benzene rings is 2. The second kappa shape index (κ2) is 6.33. The van der Waals surface area contributed by atoms with Crippen LogP contribution in [0.2, 0.25) is 0 Å². The van der Waals surface area contributed by atoms with E-state index in [-0.39, 0.29) is 22.8 Å². The van der Waals surface area contributed by atoms with Crippen LogP contribution in [0, 0.1) is 18.6 Å². The van der Waals surface area contributed by atoms with Crippen LogP contribution in [-0.2, 0) is 16.4 Å². The number of fused-ring (bicyclic) bond motifs is 1. The van der Waals surface area contributed by atoms with Gasteiger partial charge in [0, 0.05) is 23.6 Å². The van der Waals surface area contributed by atoms with E-state index in [2.05, 4.69) is 9.71 Å². The minimum absolute atomic E-state index is 0.0198. The molecule has 0 radical (unpaired) electrons. The zero-order valence-corrected chi connectivity index (χ0v) is 13.8. The molecule has 24 heavy (non-hydrogen) atoms. The monoisotopic (exact) mass is 350 g/mol. The van der Waals surface area contributed by atoms with Gasteiger partial charge in [0.25, 0.3) is 0 Å². The number of H-pyrrole nitrogens is 1. The quantitative estimate of drug-likeness (QED) is 0.742. The SMILES string of the molecule is Cc1cc(S(=O)(=O)NCCc2c[nH]c3ccc(F)cc23)ccc1F. The summed E-state index contributed by atoms with van der Waals surface area (Å²) in [5, 5.41) is 0.729. The maximum absolute atomic E-state index is 13.3. The first kappa shape index (κ1) is 16.6. The first-order chi connectivity index (χ1) is 11.4. The summed E-state index contributed by atoms with van der Waals surface area (Å²) in [5.41, 5.74) is 1.89. The molecule has 1 aromatic heterocycles. The van der Waals surface area contributed by atoms with Gasteiger partial charge in [-0.2, -0.15) is 0 Å². The lowest BCUT2D eigenvalue weighted by Gasteiger charge is -2.07. The molecule has 0 bridgehead atoms. The van der Waals surface area contributed by atoms with Gasteiger partial charge in [0.05, 0.1) is 4.90 Å². The van der Waals surface area contributed by atoms with E-state index in [0.29, 0.717) is 6.42 Å². The van der Waals surface area contributed by atoms with Gasteiger partial charge >= 0.3 is 0 Å². The Morgan fingerprint density at radius 1 is 1.12 bits per heavy atom. The molecule has 2 N–H and O–H groups in total. The van der Waals surface area contributed by atoms with Crippen LogP contribution >= 0.6 is 0 Å². The largest absolute Gasteiger partial charge is 0.361 e. The smallest absolute Gasteiger partial charge is 0.240 e. The van der Waals surface area contributed by atoms with E-state index in [1.54, 1.807) is 12.3 Å². The summed E-state index contributed by atoms with van der Waals surface area (Å²) in [7, 11) is -3.72. The van der Waals surface area contributed by atoms with E-state index in [4.69, 9.17) is 0 Å². The molecule has 3 rings (SSSR count). The average Bonchev–Trinajstić information content (AvgIpc) is 2.92. The Hall–Kier alpha value is -2.25. The lowest BCUT2D eigenvalue weighted by atomic mass is 10.1. The van der Waals surface area contributed by atoms with Gasteiger partial charge in [0.2, 0.25) is 10.0 Å². The van der Waals surface area contributed by atoms with E-state index in [0.717, 1.165) is 22.5 Å². The number of hydrogen-bond acceptors (Lipinski definition) is 2. The van der Waals surface area contributed by atoms with Crippen LogP contribution in [0.1, 0.15) is 11.1 Å². The average molecular weight is 350 g/mol. The van der Waals surface area contributed by atoms with Gasteiger partial charge in [-0.1, -0.05) is 0 Å². The van der Waals surface area contributed by atoms with Crippen LogP contribution in [0.5, 0.6) is 0 Å². The summed E-state index contributed by atoms with van der Waals surface area (Å²) in [6, 6.07) is 8.07. The molecule has 0 unspecified atom stereocenters.